The lowest BCUT2D eigenvalue weighted by atomic mass is 10.1. The lowest BCUT2D eigenvalue weighted by molar-refractivity contribution is -0.116. The minimum absolute atomic E-state index is 0.0403. The molecule has 122 valence electrons. The average Bonchev–Trinajstić information content (AvgIpc) is 2.68. The fourth-order valence-corrected chi connectivity index (χ4v) is 3.56. The molecule has 1 aliphatic heterocycles. The van der Waals surface area contributed by atoms with E-state index in [0.717, 1.165) is 11.3 Å². The van der Waals surface area contributed by atoms with Crippen molar-refractivity contribution in [3.63, 3.8) is 0 Å². The Bertz CT molecular complexity index is 851. The van der Waals surface area contributed by atoms with E-state index in [1.807, 2.05) is 6.92 Å². The molecule has 2 heterocycles. The molecule has 2 N–H and O–H groups in total. The second-order valence-corrected chi connectivity index (χ2v) is 7.30. The van der Waals surface area contributed by atoms with Crippen molar-refractivity contribution in [1.29, 1.82) is 0 Å². The maximum Gasteiger partial charge on any atom is 0.263 e. The summed E-state index contributed by atoms with van der Waals surface area (Å²) in [6.07, 6.45) is 1.82. The number of nitrogens with zero attached hydrogens (tertiary/aromatic N) is 2. The van der Waals surface area contributed by atoms with Gasteiger partial charge in [-0.15, -0.1) is 0 Å². The molecule has 0 unspecified atom stereocenters. The Labute approximate surface area is 134 Å². The van der Waals surface area contributed by atoms with Crippen LogP contribution >= 0.6 is 0 Å². The van der Waals surface area contributed by atoms with Crippen LogP contribution in [0.2, 0.25) is 0 Å². The predicted molar refractivity (Wildman–Crippen MR) is 86.8 cm³/mol. The van der Waals surface area contributed by atoms with Gasteiger partial charge in [0.2, 0.25) is 5.91 Å². The molecule has 0 bridgehead atoms. The van der Waals surface area contributed by atoms with Gasteiger partial charge in [-0.05, 0) is 43.5 Å². The van der Waals surface area contributed by atoms with Crippen molar-refractivity contribution in [2.45, 2.75) is 31.1 Å². The van der Waals surface area contributed by atoms with Gasteiger partial charge in [-0.25, -0.2) is 8.42 Å². The van der Waals surface area contributed by atoms with E-state index < -0.39 is 10.0 Å². The highest BCUT2D eigenvalue weighted by atomic mass is 32.2. The quantitative estimate of drug-likeness (QED) is 0.895. The fraction of sp³-hybridized carbons (Fsp3) is 0.333. The van der Waals surface area contributed by atoms with Gasteiger partial charge in [0.05, 0.1) is 4.90 Å². The van der Waals surface area contributed by atoms with Crippen molar-refractivity contribution in [2.75, 3.05) is 10.0 Å². The van der Waals surface area contributed by atoms with Crippen molar-refractivity contribution in [2.24, 2.45) is 7.05 Å². The number of carbonyl (C=O) groups excluding carboxylic acids is 1. The Morgan fingerprint density at radius 2 is 2.04 bits per heavy atom. The third kappa shape index (κ3) is 3.21. The smallest absolute Gasteiger partial charge is 0.263 e. The number of fused-ring (bicyclic) bond motifs is 1. The topological polar surface area (TPSA) is 93.1 Å². The zero-order valence-electron chi connectivity index (χ0n) is 13.0. The minimum atomic E-state index is -3.71. The Hall–Kier alpha value is -2.35. The van der Waals surface area contributed by atoms with Gasteiger partial charge in [-0.1, -0.05) is 0 Å². The van der Waals surface area contributed by atoms with E-state index in [-0.39, 0.29) is 16.6 Å². The first kappa shape index (κ1) is 15.5. The van der Waals surface area contributed by atoms with Crippen molar-refractivity contribution >= 4 is 27.4 Å². The van der Waals surface area contributed by atoms with Gasteiger partial charge in [0.15, 0.2) is 5.82 Å². The van der Waals surface area contributed by atoms with Crippen molar-refractivity contribution in [1.82, 2.24) is 9.78 Å². The van der Waals surface area contributed by atoms with Crippen LogP contribution in [0.5, 0.6) is 0 Å². The second-order valence-electron chi connectivity index (χ2n) is 5.62. The Morgan fingerprint density at radius 1 is 1.26 bits per heavy atom. The molecule has 1 aliphatic rings. The van der Waals surface area contributed by atoms with Crippen LogP contribution in [0.3, 0.4) is 0 Å². The zero-order chi connectivity index (χ0) is 16.6. The first-order valence-electron chi connectivity index (χ1n) is 7.31. The monoisotopic (exact) mass is 334 g/mol. The normalized spacial score (nSPS) is 14.8. The summed E-state index contributed by atoms with van der Waals surface area (Å²) in [5.41, 5.74) is 2.36. The number of carbonyl (C=O) groups is 1. The predicted octanol–water partition coefficient (Wildman–Crippen LogP) is 1.80. The molecule has 0 saturated heterocycles. The molecule has 3 rings (SSSR count). The van der Waals surface area contributed by atoms with E-state index in [2.05, 4.69) is 15.1 Å². The minimum Gasteiger partial charge on any atom is -0.326 e. The highest BCUT2D eigenvalue weighted by Crippen LogP contribution is 2.26. The summed E-state index contributed by atoms with van der Waals surface area (Å²) < 4.78 is 29.1. The summed E-state index contributed by atoms with van der Waals surface area (Å²) in [6.45, 7) is 1.84. The molecule has 7 nitrogen and oxygen atoms in total. The molecule has 2 aromatic rings. The highest BCUT2D eigenvalue weighted by Gasteiger charge is 2.20. The summed E-state index contributed by atoms with van der Waals surface area (Å²) in [5.74, 6) is 0.245. The number of sulfonamides is 1. The fourth-order valence-electron chi connectivity index (χ4n) is 2.53. The molecule has 0 atom stereocenters. The summed E-state index contributed by atoms with van der Waals surface area (Å²) >= 11 is 0. The van der Waals surface area contributed by atoms with E-state index in [9.17, 15) is 13.2 Å². The van der Waals surface area contributed by atoms with E-state index in [1.165, 1.54) is 6.07 Å². The Kier molecular flexibility index (Phi) is 3.85. The summed E-state index contributed by atoms with van der Waals surface area (Å²) in [7, 11) is -1.97. The number of hydrogen-bond acceptors (Lipinski definition) is 4. The number of benzene rings is 1. The number of aromatic nitrogens is 2. The molecule has 1 amide bonds. The zero-order valence-corrected chi connectivity index (χ0v) is 13.8. The molecule has 0 fully saturated rings. The van der Waals surface area contributed by atoms with Crippen LogP contribution in [0, 0.1) is 6.92 Å². The molecular formula is C15H18N4O3S. The third-order valence-electron chi connectivity index (χ3n) is 3.86. The molecule has 1 aromatic carbocycles. The number of aryl methyl sites for hydroxylation is 3. The summed E-state index contributed by atoms with van der Waals surface area (Å²) in [5, 5.41) is 6.89. The van der Waals surface area contributed by atoms with E-state index in [1.54, 1.807) is 29.9 Å². The van der Waals surface area contributed by atoms with Crippen LogP contribution in [0.15, 0.2) is 29.2 Å². The number of rotatable bonds is 3. The standard InChI is InChI=1S/C15H18N4O3S/c1-10-8-14(17-19(10)2)18-23(21,22)12-6-7-13-11(9-12)4-3-5-15(20)16-13/h6-9H,3-5H2,1-2H3,(H,16,20)(H,17,18). The molecule has 0 spiro atoms. The number of amides is 1. The molecule has 0 aliphatic carbocycles. The van der Waals surface area contributed by atoms with E-state index >= 15 is 0 Å². The third-order valence-corrected chi connectivity index (χ3v) is 5.22. The first-order chi connectivity index (χ1) is 10.8. The first-order valence-corrected chi connectivity index (χ1v) is 8.80. The van der Waals surface area contributed by atoms with E-state index in [4.69, 9.17) is 0 Å². The lowest BCUT2D eigenvalue weighted by Crippen LogP contribution is -2.14. The molecule has 0 radical (unpaired) electrons. The van der Waals surface area contributed by atoms with Crippen LogP contribution in [0.1, 0.15) is 24.1 Å². The SMILES string of the molecule is Cc1cc(NS(=O)(=O)c2ccc3c(c2)CCCC(=O)N3)nn1C. The Balaban J connectivity index is 1.91. The molecular weight excluding hydrogens is 316 g/mol. The van der Waals surface area contributed by atoms with Crippen LogP contribution in [-0.2, 0) is 28.3 Å². The Morgan fingerprint density at radius 3 is 2.74 bits per heavy atom. The number of hydrogen-bond donors (Lipinski definition) is 2. The van der Waals surface area contributed by atoms with Crippen LogP contribution in [0.25, 0.3) is 0 Å². The maximum atomic E-state index is 12.5. The molecule has 0 saturated carbocycles. The molecule has 23 heavy (non-hydrogen) atoms. The lowest BCUT2D eigenvalue weighted by Gasteiger charge is -2.10. The van der Waals surface area contributed by atoms with E-state index in [0.29, 0.717) is 24.9 Å². The van der Waals surface area contributed by atoms with Gasteiger partial charge in [-0.2, -0.15) is 5.10 Å². The van der Waals surface area contributed by atoms with Gasteiger partial charge >= 0.3 is 0 Å². The van der Waals surface area contributed by atoms with Crippen molar-refractivity contribution in [3.8, 4) is 0 Å². The summed E-state index contributed by atoms with van der Waals surface area (Å²) in [6, 6.07) is 6.40. The highest BCUT2D eigenvalue weighted by molar-refractivity contribution is 7.92. The van der Waals surface area contributed by atoms with Gasteiger partial charge < -0.3 is 5.32 Å². The largest absolute Gasteiger partial charge is 0.326 e. The molecule has 8 heteroatoms. The van der Waals surface area contributed by atoms with Crippen molar-refractivity contribution in [3.05, 3.63) is 35.5 Å². The van der Waals surface area contributed by atoms with Gasteiger partial charge in [0.25, 0.3) is 10.0 Å². The van der Waals surface area contributed by atoms with Crippen LogP contribution in [0.4, 0.5) is 11.5 Å². The van der Waals surface area contributed by atoms with Crippen LogP contribution in [-0.4, -0.2) is 24.1 Å². The second kappa shape index (κ2) is 5.69. The van der Waals surface area contributed by atoms with Crippen LogP contribution < -0.4 is 10.0 Å². The van der Waals surface area contributed by atoms with Crippen molar-refractivity contribution < 1.29 is 13.2 Å². The summed E-state index contributed by atoms with van der Waals surface area (Å²) in [4.78, 5) is 11.7. The maximum absolute atomic E-state index is 12.5. The number of nitrogens with one attached hydrogen (secondary N) is 2. The average molecular weight is 334 g/mol. The van der Waals surface area contributed by atoms with Gasteiger partial charge in [0, 0.05) is 30.9 Å². The number of anilines is 2. The molecule has 1 aromatic heterocycles. The van der Waals surface area contributed by atoms with Gasteiger partial charge in [0.1, 0.15) is 0 Å². The van der Waals surface area contributed by atoms with Gasteiger partial charge in [-0.3, -0.25) is 14.2 Å².